The highest BCUT2D eigenvalue weighted by Gasteiger charge is 2.20. The number of H-pyrrole nitrogens is 1. The van der Waals surface area contributed by atoms with E-state index in [2.05, 4.69) is 31.2 Å². The van der Waals surface area contributed by atoms with Gasteiger partial charge in [-0.25, -0.2) is 14.2 Å². The third kappa shape index (κ3) is 2.69. The minimum absolute atomic E-state index is 0.193. The van der Waals surface area contributed by atoms with Gasteiger partial charge in [0.05, 0.1) is 10.8 Å². The second-order valence-electron chi connectivity index (χ2n) is 3.97. The van der Waals surface area contributed by atoms with Gasteiger partial charge in [0, 0.05) is 5.69 Å². The first kappa shape index (κ1) is 14.2. The van der Waals surface area contributed by atoms with Crippen LogP contribution in [0.3, 0.4) is 0 Å². The first-order valence-corrected chi connectivity index (χ1v) is 6.23. The number of rotatable bonds is 3. The number of imidazole rings is 1. The normalized spacial score (nSPS) is 10.3. The van der Waals surface area contributed by atoms with Crippen molar-refractivity contribution in [2.75, 3.05) is 5.32 Å². The minimum atomic E-state index is -1.29. The van der Waals surface area contributed by atoms with Crippen LogP contribution in [0.2, 0.25) is 0 Å². The lowest BCUT2D eigenvalue weighted by molar-refractivity contribution is 0.0686. The van der Waals surface area contributed by atoms with Crippen molar-refractivity contribution in [3.63, 3.8) is 0 Å². The molecule has 0 aliphatic rings. The Hall–Kier alpha value is -2.22. The summed E-state index contributed by atoms with van der Waals surface area (Å²) in [4.78, 5) is 28.9. The van der Waals surface area contributed by atoms with Crippen molar-refractivity contribution >= 4 is 33.5 Å². The van der Waals surface area contributed by atoms with Crippen LogP contribution in [0.1, 0.15) is 26.5 Å². The molecule has 104 valence electrons. The van der Waals surface area contributed by atoms with E-state index in [1.165, 1.54) is 12.1 Å². The average molecular weight is 342 g/mol. The van der Waals surface area contributed by atoms with E-state index in [-0.39, 0.29) is 15.9 Å². The smallest absolute Gasteiger partial charge is 0.354 e. The Morgan fingerprint density at radius 2 is 2.15 bits per heavy atom. The quantitative estimate of drug-likeness (QED) is 0.799. The van der Waals surface area contributed by atoms with Crippen molar-refractivity contribution in [1.82, 2.24) is 9.97 Å². The molecule has 0 saturated carbocycles. The Morgan fingerprint density at radius 3 is 2.80 bits per heavy atom. The molecule has 0 radical (unpaired) electrons. The maximum Gasteiger partial charge on any atom is 0.354 e. The number of halogens is 2. The van der Waals surface area contributed by atoms with Crippen LogP contribution in [0, 0.1) is 12.7 Å². The van der Waals surface area contributed by atoms with E-state index in [4.69, 9.17) is 5.11 Å². The third-order valence-corrected chi connectivity index (χ3v) is 3.19. The molecule has 1 heterocycles. The molecule has 20 heavy (non-hydrogen) atoms. The lowest BCUT2D eigenvalue weighted by Gasteiger charge is -2.08. The summed E-state index contributed by atoms with van der Waals surface area (Å²) in [5.41, 5.74) is 0.327. The van der Waals surface area contributed by atoms with Gasteiger partial charge in [-0.1, -0.05) is 0 Å². The monoisotopic (exact) mass is 341 g/mol. The molecular weight excluding hydrogens is 333 g/mol. The number of aromatic carboxylic acids is 1. The van der Waals surface area contributed by atoms with Gasteiger partial charge < -0.3 is 15.4 Å². The van der Waals surface area contributed by atoms with Crippen molar-refractivity contribution in [3.05, 3.63) is 45.7 Å². The summed E-state index contributed by atoms with van der Waals surface area (Å²) in [5, 5.41) is 11.4. The lowest BCUT2D eigenvalue weighted by atomic mass is 10.2. The first-order valence-electron chi connectivity index (χ1n) is 5.44. The van der Waals surface area contributed by atoms with Crippen LogP contribution < -0.4 is 5.32 Å². The zero-order valence-electron chi connectivity index (χ0n) is 10.2. The summed E-state index contributed by atoms with van der Waals surface area (Å²) in [7, 11) is 0. The van der Waals surface area contributed by atoms with Crippen LogP contribution in [0.5, 0.6) is 0 Å². The van der Waals surface area contributed by atoms with Crippen LogP contribution in [-0.4, -0.2) is 27.0 Å². The Balaban J connectivity index is 2.30. The molecule has 8 heteroatoms. The Bertz CT molecular complexity index is 699. The van der Waals surface area contributed by atoms with E-state index in [1.54, 1.807) is 6.92 Å². The van der Waals surface area contributed by atoms with E-state index in [9.17, 15) is 14.0 Å². The zero-order valence-corrected chi connectivity index (χ0v) is 11.8. The number of carboxylic acid groups (broad SMARTS) is 1. The Morgan fingerprint density at radius 1 is 1.45 bits per heavy atom. The number of carboxylic acids is 1. The van der Waals surface area contributed by atoms with Gasteiger partial charge in [0.25, 0.3) is 5.91 Å². The van der Waals surface area contributed by atoms with Gasteiger partial charge in [-0.2, -0.15) is 0 Å². The molecular formula is C12H9BrFN3O3. The van der Waals surface area contributed by atoms with Gasteiger partial charge in [-0.3, -0.25) is 4.79 Å². The molecule has 1 aromatic heterocycles. The van der Waals surface area contributed by atoms with Gasteiger partial charge in [0.1, 0.15) is 5.82 Å². The average Bonchev–Trinajstić information content (AvgIpc) is 2.85. The van der Waals surface area contributed by atoms with Crippen molar-refractivity contribution in [1.29, 1.82) is 0 Å². The zero-order chi connectivity index (χ0) is 14.9. The molecule has 6 nitrogen and oxygen atoms in total. The number of nitrogens with zero attached hydrogens (tertiary/aromatic N) is 1. The summed E-state index contributed by atoms with van der Waals surface area (Å²) < 4.78 is 13.5. The van der Waals surface area contributed by atoms with Crippen molar-refractivity contribution < 1.29 is 19.1 Å². The van der Waals surface area contributed by atoms with E-state index < -0.39 is 17.7 Å². The fourth-order valence-corrected chi connectivity index (χ4v) is 1.94. The van der Waals surface area contributed by atoms with Crippen LogP contribution >= 0.6 is 15.9 Å². The molecule has 3 N–H and O–H groups in total. The number of hydrogen-bond acceptors (Lipinski definition) is 3. The molecule has 0 spiro atoms. The van der Waals surface area contributed by atoms with E-state index in [0.29, 0.717) is 11.3 Å². The second-order valence-corrected chi connectivity index (χ2v) is 4.82. The third-order valence-electron chi connectivity index (χ3n) is 2.58. The number of nitrogens with one attached hydrogen (secondary N) is 2. The standard InChI is InChI=1S/C12H9BrFN3O3/c1-5-2-7(14)6(13)3-8(5)17-11(18)9-10(12(19)20)16-4-15-9/h2-4H,1H3,(H,15,16)(H,17,18)(H,19,20). The number of aromatic nitrogens is 2. The Labute approximate surface area is 121 Å². The van der Waals surface area contributed by atoms with E-state index in [1.807, 2.05) is 0 Å². The number of carbonyl (C=O) groups is 2. The number of aromatic amines is 1. The highest BCUT2D eigenvalue weighted by Crippen LogP contribution is 2.24. The van der Waals surface area contributed by atoms with Gasteiger partial charge in [0.15, 0.2) is 11.4 Å². The minimum Gasteiger partial charge on any atom is -0.477 e. The maximum atomic E-state index is 13.3. The highest BCUT2D eigenvalue weighted by molar-refractivity contribution is 9.10. The fourth-order valence-electron chi connectivity index (χ4n) is 1.59. The number of aryl methyl sites for hydroxylation is 1. The number of carbonyl (C=O) groups excluding carboxylic acids is 1. The summed E-state index contributed by atoms with van der Waals surface area (Å²) >= 11 is 3.01. The molecule has 0 aliphatic carbocycles. The van der Waals surface area contributed by atoms with Crippen molar-refractivity contribution in [2.24, 2.45) is 0 Å². The van der Waals surface area contributed by atoms with Crippen LogP contribution in [0.15, 0.2) is 22.9 Å². The number of hydrogen-bond donors (Lipinski definition) is 3. The van der Waals surface area contributed by atoms with Crippen LogP contribution in [0.4, 0.5) is 10.1 Å². The number of anilines is 1. The SMILES string of the molecule is Cc1cc(F)c(Br)cc1NC(=O)c1nc[nH]c1C(=O)O. The molecule has 0 saturated heterocycles. The van der Waals surface area contributed by atoms with Gasteiger partial charge in [0.2, 0.25) is 0 Å². The fraction of sp³-hybridized carbons (Fsp3) is 0.0833. The van der Waals surface area contributed by atoms with Crippen LogP contribution in [0.25, 0.3) is 0 Å². The molecule has 0 aliphatic heterocycles. The summed E-state index contributed by atoms with van der Waals surface area (Å²) in [6.45, 7) is 1.62. The van der Waals surface area contributed by atoms with Crippen molar-refractivity contribution in [3.8, 4) is 0 Å². The number of benzene rings is 1. The summed E-state index contributed by atoms with van der Waals surface area (Å²) in [5.74, 6) is -2.43. The van der Waals surface area contributed by atoms with Gasteiger partial charge >= 0.3 is 5.97 Å². The molecule has 2 aromatic rings. The topological polar surface area (TPSA) is 95.1 Å². The lowest BCUT2D eigenvalue weighted by Crippen LogP contribution is -2.17. The second kappa shape index (κ2) is 5.41. The van der Waals surface area contributed by atoms with Crippen molar-refractivity contribution in [2.45, 2.75) is 6.92 Å². The first-order chi connectivity index (χ1) is 9.40. The highest BCUT2D eigenvalue weighted by atomic mass is 79.9. The molecule has 0 unspecified atom stereocenters. The Kier molecular flexibility index (Phi) is 3.84. The maximum absolute atomic E-state index is 13.3. The summed E-state index contributed by atoms with van der Waals surface area (Å²) in [6, 6.07) is 2.65. The van der Waals surface area contributed by atoms with E-state index >= 15 is 0 Å². The molecule has 0 fully saturated rings. The van der Waals surface area contributed by atoms with Gasteiger partial charge in [-0.15, -0.1) is 0 Å². The molecule has 1 aromatic carbocycles. The molecule has 0 atom stereocenters. The predicted octanol–water partition coefficient (Wildman–Crippen LogP) is 2.57. The molecule has 2 rings (SSSR count). The molecule has 0 bridgehead atoms. The summed E-state index contributed by atoms with van der Waals surface area (Å²) in [6.07, 6.45) is 1.12. The van der Waals surface area contributed by atoms with E-state index in [0.717, 1.165) is 6.33 Å². The predicted molar refractivity (Wildman–Crippen MR) is 72.3 cm³/mol. The largest absolute Gasteiger partial charge is 0.477 e. The van der Waals surface area contributed by atoms with Gasteiger partial charge in [-0.05, 0) is 40.5 Å². The van der Waals surface area contributed by atoms with Crippen LogP contribution in [-0.2, 0) is 0 Å². The molecule has 1 amide bonds. The number of amides is 1.